The number of aryl methyl sites for hydroxylation is 1. The Kier molecular flexibility index (Phi) is 6.58. The second-order valence-corrected chi connectivity index (χ2v) is 6.05. The molecular weight excluding hydrogens is 326 g/mol. The van der Waals surface area contributed by atoms with Crippen molar-refractivity contribution in [3.05, 3.63) is 23.7 Å². The van der Waals surface area contributed by atoms with Crippen LogP contribution in [0.4, 0.5) is 0 Å². The van der Waals surface area contributed by atoms with E-state index in [2.05, 4.69) is 5.32 Å². The van der Waals surface area contributed by atoms with Gasteiger partial charge in [-0.25, -0.2) is 0 Å². The third-order valence-corrected chi connectivity index (χ3v) is 4.06. The summed E-state index contributed by atoms with van der Waals surface area (Å²) in [5, 5.41) is 2.78. The molecule has 1 aromatic rings. The normalized spacial score (nSPS) is 17.9. The predicted molar refractivity (Wildman–Crippen MR) is 89.5 cm³/mol. The van der Waals surface area contributed by atoms with Gasteiger partial charge in [-0.05, 0) is 26.0 Å². The first kappa shape index (κ1) is 19.0. The molecule has 0 radical (unpaired) electrons. The van der Waals surface area contributed by atoms with Crippen molar-refractivity contribution in [3.63, 3.8) is 0 Å². The summed E-state index contributed by atoms with van der Waals surface area (Å²) in [4.78, 5) is 39.3. The molecule has 0 aromatic carbocycles. The molecule has 1 saturated heterocycles. The molecule has 1 aliphatic rings. The fraction of sp³-hybridized carbons (Fsp3) is 0.588. The number of piperazine rings is 1. The van der Waals surface area contributed by atoms with Crippen LogP contribution in [0.5, 0.6) is 0 Å². The summed E-state index contributed by atoms with van der Waals surface area (Å²) in [6.45, 7) is 5.33. The van der Waals surface area contributed by atoms with E-state index in [1.807, 2.05) is 24.0 Å². The van der Waals surface area contributed by atoms with Gasteiger partial charge in [0.2, 0.25) is 11.8 Å². The molecule has 2 heterocycles. The van der Waals surface area contributed by atoms with Gasteiger partial charge in [0.15, 0.2) is 0 Å². The number of ether oxygens (including phenoxy) is 1. The molecule has 8 nitrogen and oxygen atoms in total. The Morgan fingerprint density at radius 2 is 2.20 bits per heavy atom. The quantitative estimate of drug-likeness (QED) is 0.711. The largest absolute Gasteiger partial charge is 0.465 e. The van der Waals surface area contributed by atoms with Crippen molar-refractivity contribution in [1.82, 2.24) is 15.1 Å². The van der Waals surface area contributed by atoms with Crippen LogP contribution in [-0.2, 0) is 25.7 Å². The molecular formula is C17H25N3O5. The van der Waals surface area contributed by atoms with Gasteiger partial charge in [0, 0.05) is 20.1 Å². The first-order chi connectivity index (χ1) is 11.9. The van der Waals surface area contributed by atoms with Crippen molar-refractivity contribution in [2.45, 2.75) is 32.9 Å². The van der Waals surface area contributed by atoms with Crippen molar-refractivity contribution in [3.8, 4) is 0 Å². The molecule has 1 aromatic heterocycles. The molecule has 1 aliphatic heterocycles. The summed E-state index contributed by atoms with van der Waals surface area (Å²) in [7, 11) is 1.53. The molecule has 2 rings (SSSR count). The van der Waals surface area contributed by atoms with Crippen molar-refractivity contribution < 1.29 is 23.5 Å². The van der Waals surface area contributed by atoms with Gasteiger partial charge in [0.1, 0.15) is 18.1 Å². The third-order valence-electron chi connectivity index (χ3n) is 4.06. The maximum atomic E-state index is 12.4. The smallest absolute Gasteiger partial charge is 0.325 e. The number of esters is 1. The maximum Gasteiger partial charge on any atom is 0.325 e. The third kappa shape index (κ3) is 5.32. The summed E-state index contributed by atoms with van der Waals surface area (Å²) in [6.07, 6.45) is 0.00142. The summed E-state index contributed by atoms with van der Waals surface area (Å²) in [5.74, 6) is 0.625. The minimum absolute atomic E-state index is 0.00142. The Labute approximate surface area is 147 Å². The lowest BCUT2D eigenvalue weighted by Gasteiger charge is -2.34. The van der Waals surface area contributed by atoms with Crippen LogP contribution < -0.4 is 5.32 Å². The molecule has 1 fully saturated rings. The zero-order valence-corrected chi connectivity index (χ0v) is 14.9. The minimum atomic E-state index is -0.587. The van der Waals surface area contributed by atoms with E-state index in [4.69, 9.17) is 9.15 Å². The van der Waals surface area contributed by atoms with Gasteiger partial charge in [0.05, 0.1) is 25.6 Å². The number of furan rings is 1. The fourth-order valence-electron chi connectivity index (χ4n) is 2.75. The second-order valence-electron chi connectivity index (χ2n) is 6.05. The molecule has 0 bridgehead atoms. The number of carbonyl (C=O) groups excluding carboxylic acids is 3. The van der Waals surface area contributed by atoms with Crippen molar-refractivity contribution in [2.75, 3.05) is 33.3 Å². The number of amides is 2. The Balaban J connectivity index is 1.98. The highest BCUT2D eigenvalue weighted by molar-refractivity contribution is 5.90. The second kappa shape index (κ2) is 8.66. The number of hydrogen-bond donors (Lipinski definition) is 1. The molecule has 2 amide bonds. The molecule has 1 unspecified atom stereocenters. The Morgan fingerprint density at radius 1 is 1.44 bits per heavy atom. The highest BCUT2D eigenvalue weighted by Crippen LogP contribution is 2.16. The van der Waals surface area contributed by atoms with E-state index in [9.17, 15) is 14.4 Å². The van der Waals surface area contributed by atoms with Crippen molar-refractivity contribution >= 4 is 17.8 Å². The van der Waals surface area contributed by atoms with E-state index in [0.29, 0.717) is 19.6 Å². The first-order valence-electron chi connectivity index (χ1n) is 8.37. The summed E-state index contributed by atoms with van der Waals surface area (Å²) in [6, 6.07) is 3.15. The van der Waals surface area contributed by atoms with E-state index in [-0.39, 0.29) is 31.4 Å². The van der Waals surface area contributed by atoms with Crippen LogP contribution in [0.1, 0.15) is 24.9 Å². The van der Waals surface area contributed by atoms with Crippen LogP contribution in [0.25, 0.3) is 0 Å². The van der Waals surface area contributed by atoms with E-state index >= 15 is 0 Å². The van der Waals surface area contributed by atoms with E-state index in [0.717, 1.165) is 11.5 Å². The van der Waals surface area contributed by atoms with Gasteiger partial charge in [-0.15, -0.1) is 0 Å². The van der Waals surface area contributed by atoms with Gasteiger partial charge in [0.25, 0.3) is 0 Å². The van der Waals surface area contributed by atoms with Gasteiger partial charge in [-0.3, -0.25) is 19.3 Å². The number of likely N-dealkylation sites (N-methyl/N-ethyl adjacent to an activating group) is 1. The average molecular weight is 351 g/mol. The lowest BCUT2D eigenvalue weighted by atomic mass is 10.1. The van der Waals surface area contributed by atoms with Crippen LogP contribution in [0.2, 0.25) is 0 Å². The van der Waals surface area contributed by atoms with Gasteiger partial charge >= 0.3 is 5.97 Å². The van der Waals surface area contributed by atoms with E-state index in [1.165, 1.54) is 11.9 Å². The number of hydrogen-bond acceptors (Lipinski definition) is 6. The fourth-order valence-corrected chi connectivity index (χ4v) is 2.75. The molecule has 25 heavy (non-hydrogen) atoms. The zero-order valence-electron chi connectivity index (χ0n) is 14.9. The van der Waals surface area contributed by atoms with Crippen LogP contribution in [0.3, 0.4) is 0 Å². The van der Waals surface area contributed by atoms with Crippen LogP contribution >= 0.6 is 0 Å². The van der Waals surface area contributed by atoms with Gasteiger partial charge in [-0.1, -0.05) is 0 Å². The summed E-state index contributed by atoms with van der Waals surface area (Å²) >= 11 is 0. The lowest BCUT2D eigenvalue weighted by molar-refractivity contribution is -0.149. The molecule has 1 atom stereocenters. The number of rotatable bonds is 7. The van der Waals surface area contributed by atoms with E-state index < -0.39 is 12.0 Å². The molecule has 0 spiro atoms. The topological polar surface area (TPSA) is 92.1 Å². The zero-order chi connectivity index (χ0) is 18.4. The minimum Gasteiger partial charge on any atom is -0.465 e. The first-order valence-corrected chi connectivity index (χ1v) is 8.37. The predicted octanol–water partition coefficient (Wildman–Crippen LogP) is 0.300. The summed E-state index contributed by atoms with van der Waals surface area (Å²) in [5.41, 5.74) is 0. The molecule has 0 saturated carbocycles. The van der Waals surface area contributed by atoms with Gasteiger partial charge in [-0.2, -0.15) is 0 Å². The van der Waals surface area contributed by atoms with Crippen LogP contribution in [-0.4, -0.2) is 66.9 Å². The monoisotopic (exact) mass is 351 g/mol. The van der Waals surface area contributed by atoms with Gasteiger partial charge < -0.3 is 19.4 Å². The average Bonchev–Trinajstić information content (AvgIpc) is 2.95. The molecule has 8 heteroatoms. The van der Waals surface area contributed by atoms with E-state index in [1.54, 1.807) is 6.92 Å². The van der Waals surface area contributed by atoms with Crippen molar-refractivity contribution in [1.29, 1.82) is 0 Å². The molecule has 138 valence electrons. The molecule has 1 N–H and O–H groups in total. The number of nitrogens with zero attached hydrogens (tertiary/aromatic N) is 2. The Bertz CT molecular complexity index is 628. The maximum absolute atomic E-state index is 12.4. The Morgan fingerprint density at radius 3 is 2.84 bits per heavy atom. The lowest BCUT2D eigenvalue weighted by Crippen LogP contribution is -2.56. The Hall–Kier alpha value is -2.35. The number of carbonyl (C=O) groups is 3. The molecule has 0 aliphatic carbocycles. The standard InChI is InChI=1S/C17H25N3O5/c1-4-24-16(22)11-19(3)15(21)9-14-17(23)18-7-8-20(14)10-13-6-5-12(2)25-13/h5-6,14H,4,7-11H2,1-3H3,(H,18,23). The number of nitrogens with one attached hydrogen (secondary N) is 1. The highest BCUT2D eigenvalue weighted by atomic mass is 16.5. The highest BCUT2D eigenvalue weighted by Gasteiger charge is 2.33. The SMILES string of the molecule is CCOC(=O)CN(C)C(=O)CC1C(=O)NCCN1Cc1ccc(C)o1. The van der Waals surface area contributed by atoms with Crippen LogP contribution in [0.15, 0.2) is 16.5 Å². The van der Waals surface area contributed by atoms with Crippen LogP contribution in [0, 0.1) is 6.92 Å². The summed E-state index contributed by atoms with van der Waals surface area (Å²) < 4.78 is 10.4. The van der Waals surface area contributed by atoms with Crippen molar-refractivity contribution in [2.24, 2.45) is 0 Å².